The minimum atomic E-state index is -4.70. The van der Waals surface area contributed by atoms with E-state index in [0.717, 1.165) is 21.9 Å². The van der Waals surface area contributed by atoms with E-state index < -0.39 is 35.2 Å². The van der Waals surface area contributed by atoms with Crippen molar-refractivity contribution in [2.45, 2.75) is 12.4 Å². The van der Waals surface area contributed by atoms with Crippen LogP contribution >= 0.6 is 11.3 Å². The number of benzene rings is 1. The second-order valence-corrected chi connectivity index (χ2v) is 6.24. The van der Waals surface area contributed by atoms with Gasteiger partial charge < -0.3 is 9.64 Å². The number of carbonyl (C=O) groups is 2. The van der Waals surface area contributed by atoms with Gasteiger partial charge in [-0.15, -0.1) is 10.2 Å². The number of esters is 1. The normalized spacial score (nSPS) is 17.7. The third-order valence-corrected chi connectivity index (χ3v) is 4.40. The molecule has 0 radical (unpaired) electrons. The van der Waals surface area contributed by atoms with Gasteiger partial charge in [0.25, 0.3) is 0 Å². The summed E-state index contributed by atoms with van der Waals surface area (Å²) in [6, 6.07) is 3.80. The summed E-state index contributed by atoms with van der Waals surface area (Å²) in [5, 5.41) is 4.83. The Hall–Kier alpha value is -2.76. The molecule has 7 nitrogen and oxygen atoms in total. The molecule has 2 aromatic rings. The van der Waals surface area contributed by atoms with Crippen LogP contribution in [-0.4, -0.2) is 46.9 Å². The van der Waals surface area contributed by atoms with Crippen LogP contribution in [0.2, 0.25) is 0 Å². The number of alkyl halides is 3. The standard InChI is InChI=1S/C14H10F4N4O3S/c1-21-6-9(25-10(23)7-2-4-8(15)5-3-7)22(13(21)24)12-20-19-11(26-12)14(16,17)18/h2-5,9H,6H2,1H3. The van der Waals surface area contributed by atoms with Crippen molar-refractivity contribution in [2.24, 2.45) is 0 Å². The fourth-order valence-corrected chi connectivity index (χ4v) is 2.95. The number of halogens is 4. The SMILES string of the molecule is CN1CC(OC(=O)c2ccc(F)cc2)N(c2nnc(C(F)(F)F)s2)C1=O. The van der Waals surface area contributed by atoms with Crippen molar-refractivity contribution in [3.05, 3.63) is 40.7 Å². The van der Waals surface area contributed by atoms with E-state index in [1.165, 1.54) is 19.2 Å². The van der Waals surface area contributed by atoms with Crippen LogP contribution in [0.15, 0.2) is 24.3 Å². The van der Waals surface area contributed by atoms with E-state index in [2.05, 4.69) is 10.2 Å². The average molecular weight is 390 g/mol. The minimum absolute atomic E-state index is 0.0293. The Kier molecular flexibility index (Phi) is 4.52. The van der Waals surface area contributed by atoms with Gasteiger partial charge in [-0.05, 0) is 24.3 Å². The van der Waals surface area contributed by atoms with E-state index in [-0.39, 0.29) is 28.6 Å². The van der Waals surface area contributed by atoms with Crippen molar-refractivity contribution in [1.82, 2.24) is 15.1 Å². The smallest absolute Gasteiger partial charge is 0.435 e. The van der Waals surface area contributed by atoms with Crippen molar-refractivity contribution >= 4 is 28.5 Å². The van der Waals surface area contributed by atoms with Gasteiger partial charge in [0.2, 0.25) is 16.4 Å². The van der Waals surface area contributed by atoms with Gasteiger partial charge in [0.15, 0.2) is 0 Å². The summed E-state index contributed by atoms with van der Waals surface area (Å²) in [5.41, 5.74) is 0.0293. The number of carbonyl (C=O) groups excluding carboxylic acids is 2. The predicted octanol–water partition coefficient (Wildman–Crippen LogP) is 2.75. The van der Waals surface area contributed by atoms with E-state index in [9.17, 15) is 27.2 Å². The van der Waals surface area contributed by atoms with Gasteiger partial charge in [0.1, 0.15) is 5.82 Å². The highest BCUT2D eigenvalue weighted by molar-refractivity contribution is 7.15. The molecule has 1 atom stereocenters. The summed E-state index contributed by atoms with van der Waals surface area (Å²) in [5.74, 6) is -1.41. The van der Waals surface area contributed by atoms with E-state index in [0.29, 0.717) is 0 Å². The first kappa shape index (κ1) is 18.0. The molecule has 1 aromatic carbocycles. The topological polar surface area (TPSA) is 75.6 Å². The molecule has 1 aliphatic rings. The highest BCUT2D eigenvalue weighted by atomic mass is 32.1. The molecule has 2 amide bonds. The maximum Gasteiger partial charge on any atom is 0.445 e. The lowest BCUT2D eigenvalue weighted by Gasteiger charge is -2.19. The molecule has 1 aliphatic heterocycles. The maximum atomic E-state index is 12.9. The van der Waals surface area contributed by atoms with Crippen LogP contribution in [0.3, 0.4) is 0 Å². The molecule has 1 aromatic heterocycles. The van der Waals surface area contributed by atoms with Gasteiger partial charge in [-0.25, -0.2) is 18.9 Å². The summed E-state index contributed by atoms with van der Waals surface area (Å²) in [6.07, 6.45) is -5.90. The Morgan fingerprint density at radius 1 is 1.27 bits per heavy atom. The zero-order valence-electron chi connectivity index (χ0n) is 13.0. The van der Waals surface area contributed by atoms with Gasteiger partial charge in [-0.2, -0.15) is 13.2 Å². The van der Waals surface area contributed by atoms with Crippen LogP contribution in [-0.2, 0) is 10.9 Å². The van der Waals surface area contributed by atoms with Crippen molar-refractivity contribution in [2.75, 3.05) is 18.5 Å². The van der Waals surface area contributed by atoms with Crippen LogP contribution < -0.4 is 4.90 Å². The summed E-state index contributed by atoms with van der Waals surface area (Å²) in [7, 11) is 1.40. The number of ether oxygens (including phenoxy) is 1. The fraction of sp³-hybridized carbons (Fsp3) is 0.286. The van der Waals surface area contributed by atoms with Crippen LogP contribution in [0.1, 0.15) is 15.4 Å². The average Bonchev–Trinajstić information content (AvgIpc) is 3.14. The van der Waals surface area contributed by atoms with Crippen molar-refractivity contribution in [3.63, 3.8) is 0 Å². The van der Waals surface area contributed by atoms with Gasteiger partial charge in [0.05, 0.1) is 12.1 Å². The summed E-state index contributed by atoms with van der Waals surface area (Å²) >= 11 is 0.162. The second-order valence-electron chi connectivity index (χ2n) is 5.29. The van der Waals surface area contributed by atoms with Crippen molar-refractivity contribution in [1.29, 1.82) is 0 Å². The van der Waals surface area contributed by atoms with E-state index >= 15 is 0 Å². The molecule has 138 valence electrons. The molecule has 26 heavy (non-hydrogen) atoms. The summed E-state index contributed by atoms with van der Waals surface area (Å²) in [6.45, 7) is -0.0767. The lowest BCUT2D eigenvalue weighted by molar-refractivity contribution is -0.138. The maximum absolute atomic E-state index is 12.9. The van der Waals surface area contributed by atoms with Gasteiger partial charge in [-0.3, -0.25) is 0 Å². The summed E-state index contributed by atoms with van der Waals surface area (Å²) < 4.78 is 56.2. The highest BCUT2D eigenvalue weighted by Gasteiger charge is 2.43. The number of amides is 2. The molecule has 0 saturated carbocycles. The number of hydrogen-bond acceptors (Lipinski definition) is 6. The number of urea groups is 1. The third kappa shape index (κ3) is 3.45. The zero-order valence-corrected chi connectivity index (χ0v) is 13.8. The molecule has 0 aliphatic carbocycles. The predicted molar refractivity (Wildman–Crippen MR) is 81.0 cm³/mol. The number of aromatic nitrogens is 2. The van der Waals surface area contributed by atoms with Crippen molar-refractivity contribution in [3.8, 4) is 0 Å². The van der Waals surface area contributed by atoms with E-state index in [1.807, 2.05) is 0 Å². The lowest BCUT2D eigenvalue weighted by Crippen LogP contribution is -2.37. The number of anilines is 1. The molecule has 3 rings (SSSR count). The van der Waals surface area contributed by atoms with Gasteiger partial charge in [0, 0.05) is 7.05 Å². The highest BCUT2D eigenvalue weighted by Crippen LogP contribution is 2.36. The van der Waals surface area contributed by atoms with E-state index in [4.69, 9.17) is 4.74 Å². The molecule has 0 spiro atoms. The lowest BCUT2D eigenvalue weighted by atomic mass is 10.2. The van der Waals surface area contributed by atoms with Crippen LogP contribution in [0.4, 0.5) is 27.5 Å². The number of likely N-dealkylation sites (N-methyl/N-ethyl adjacent to an activating group) is 1. The summed E-state index contributed by atoms with van der Waals surface area (Å²) in [4.78, 5) is 26.4. The Bertz CT molecular complexity index is 839. The quantitative estimate of drug-likeness (QED) is 0.595. The van der Waals surface area contributed by atoms with Crippen molar-refractivity contribution < 1.29 is 31.9 Å². The molecule has 12 heteroatoms. The molecule has 2 heterocycles. The molecular weight excluding hydrogens is 380 g/mol. The Morgan fingerprint density at radius 2 is 1.92 bits per heavy atom. The van der Waals surface area contributed by atoms with Gasteiger partial charge in [-0.1, -0.05) is 11.3 Å². The molecule has 0 bridgehead atoms. The van der Waals surface area contributed by atoms with Crippen LogP contribution in [0.5, 0.6) is 0 Å². The molecule has 1 unspecified atom stereocenters. The van der Waals surface area contributed by atoms with Crippen LogP contribution in [0, 0.1) is 5.82 Å². The molecule has 1 fully saturated rings. The Morgan fingerprint density at radius 3 is 2.50 bits per heavy atom. The number of hydrogen-bond donors (Lipinski definition) is 0. The van der Waals surface area contributed by atoms with Gasteiger partial charge >= 0.3 is 18.2 Å². The number of nitrogens with zero attached hydrogens (tertiary/aromatic N) is 4. The third-order valence-electron chi connectivity index (χ3n) is 3.44. The largest absolute Gasteiger partial charge is 0.445 e. The number of rotatable bonds is 3. The molecular formula is C14H10F4N4O3S. The first-order valence-electron chi connectivity index (χ1n) is 7.08. The minimum Gasteiger partial charge on any atom is -0.435 e. The fourth-order valence-electron chi connectivity index (χ4n) is 2.20. The monoisotopic (exact) mass is 390 g/mol. The molecule has 0 N–H and O–H groups in total. The first-order valence-corrected chi connectivity index (χ1v) is 7.90. The second kappa shape index (κ2) is 6.52. The zero-order chi connectivity index (χ0) is 19.1. The molecule has 1 saturated heterocycles. The van der Waals surface area contributed by atoms with Crippen LogP contribution in [0.25, 0.3) is 0 Å². The Labute approximate surface area is 147 Å². The van der Waals surface area contributed by atoms with E-state index in [1.54, 1.807) is 0 Å². The Balaban J connectivity index is 1.83. The first-order chi connectivity index (χ1) is 12.2.